The van der Waals surface area contributed by atoms with Gasteiger partial charge in [0.1, 0.15) is 0 Å². The molecule has 6 heteroatoms. The second-order valence-corrected chi connectivity index (χ2v) is 8.06. The van der Waals surface area contributed by atoms with Crippen LogP contribution in [0, 0.1) is 0 Å². The maximum atomic E-state index is 11.4. The molecule has 0 aromatic carbocycles. The van der Waals surface area contributed by atoms with Crippen molar-refractivity contribution < 1.29 is 12.0 Å². The van der Waals surface area contributed by atoms with Crippen LogP contribution < -0.4 is 0 Å². The van der Waals surface area contributed by atoms with E-state index in [4.69, 9.17) is 15.2 Å². The van der Waals surface area contributed by atoms with Gasteiger partial charge in [-0.2, -0.15) is 4.21 Å². The first-order valence-corrected chi connectivity index (χ1v) is 8.83. The average molecular weight is 289 g/mol. The molecule has 0 heterocycles. The summed E-state index contributed by atoms with van der Waals surface area (Å²) in [5, 5.41) is 0. The first-order chi connectivity index (χ1) is 7.64. The minimum atomic E-state index is -1.67. The molecule has 2 unspecified atom stereocenters. The zero-order valence-electron chi connectivity index (χ0n) is 9.95. The van der Waals surface area contributed by atoms with Gasteiger partial charge in [0.25, 0.3) is 0 Å². The molecule has 0 amide bonds. The van der Waals surface area contributed by atoms with Crippen molar-refractivity contribution in [1.82, 2.24) is 0 Å². The minimum absolute atomic E-state index is 0.508. The Hall–Kier alpha value is 0.450. The van der Waals surface area contributed by atoms with Crippen LogP contribution in [-0.4, -0.2) is 34.5 Å². The molecule has 0 saturated heterocycles. The Labute approximate surface area is 108 Å². The third kappa shape index (κ3) is 6.25. The highest BCUT2D eigenvalue weighted by atomic mass is 35.5. The fourth-order valence-corrected chi connectivity index (χ4v) is 6.11. The molecule has 0 radical (unpaired) electrons. The maximum absolute atomic E-state index is 11.4. The molecule has 0 aromatic heterocycles. The van der Waals surface area contributed by atoms with Crippen molar-refractivity contribution in [3.8, 4) is 0 Å². The fraction of sp³-hybridized carbons (Fsp3) is 0.800. The van der Waals surface area contributed by atoms with Crippen LogP contribution >= 0.6 is 21.9 Å². The lowest BCUT2D eigenvalue weighted by Crippen LogP contribution is -2.18. The summed E-state index contributed by atoms with van der Waals surface area (Å²) in [7, 11) is -0.0755. The van der Waals surface area contributed by atoms with Gasteiger partial charge < -0.3 is 0 Å². The van der Waals surface area contributed by atoms with Crippen molar-refractivity contribution in [2.75, 3.05) is 30.2 Å². The number of hydrogen-bond acceptors (Lipinski definition) is 3. The number of halogens is 1. The monoisotopic (exact) mass is 288 g/mol. The molecule has 3 nitrogen and oxygen atoms in total. The second-order valence-electron chi connectivity index (χ2n) is 3.31. The Morgan fingerprint density at radius 3 is 2.62 bits per heavy atom. The number of alkyl halides is 1. The summed E-state index contributed by atoms with van der Waals surface area (Å²) in [6.07, 6.45) is 3.93. The number of rotatable bonds is 10. The zero-order chi connectivity index (χ0) is 12.4. The SMILES string of the molecule is C=CCS(CCCl)(CCCC)OS(=O)OC. The summed E-state index contributed by atoms with van der Waals surface area (Å²) < 4.78 is 21.6. The Morgan fingerprint density at radius 1 is 1.50 bits per heavy atom. The van der Waals surface area contributed by atoms with E-state index < -0.39 is 21.7 Å². The molecule has 0 aliphatic rings. The van der Waals surface area contributed by atoms with Crippen LogP contribution in [0.1, 0.15) is 19.8 Å². The number of hydrogen-bond donors (Lipinski definition) is 0. The smallest absolute Gasteiger partial charge is 0.271 e. The molecular formula is C10H21ClO3S2. The van der Waals surface area contributed by atoms with E-state index in [1.807, 2.05) is 6.08 Å². The Bertz CT molecular complexity index is 226. The van der Waals surface area contributed by atoms with E-state index in [0.717, 1.165) is 30.1 Å². The third-order valence-corrected chi connectivity index (χ3v) is 7.19. The van der Waals surface area contributed by atoms with Gasteiger partial charge in [-0.15, -0.1) is 28.5 Å². The molecule has 0 spiro atoms. The minimum Gasteiger partial charge on any atom is -0.271 e. The Morgan fingerprint density at radius 2 is 2.19 bits per heavy atom. The summed E-state index contributed by atoms with van der Waals surface area (Å²) in [6.45, 7) is 5.84. The first kappa shape index (κ1) is 16.4. The lowest BCUT2D eigenvalue weighted by Gasteiger charge is -2.36. The van der Waals surface area contributed by atoms with Crippen molar-refractivity contribution in [3.63, 3.8) is 0 Å². The van der Waals surface area contributed by atoms with Crippen molar-refractivity contribution in [3.05, 3.63) is 12.7 Å². The van der Waals surface area contributed by atoms with Gasteiger partial charge in [-0.1, -0.05) is 19.4 Å². The van der Waals surface area contributed by atoms with Gasteiger partial charge in [0, 0.05) is 23.1 Å². The molecule has 16 heavy (non-hydrogen) atoms. The average Bonchev–Trinajstić information content (AvgIpc) is 2.27. The zero-order valence-corrected chi connectivity index (χ0v) is 12.3. The van der Waals surface area contributed by atoms with Crippen molar-refractivity contribution in [2.24, 2.45) is 0 Å². The highest BCUT2D eigenvalue weighted by Gasteiger charge is 2.26. The lowest BCUT2D eigenvalue weighted by atomic mass is 10.4. The molecule has 0 bridgehead atoms. The van der Waals surface area contributed by atoms with E-state index in [9.17, 15) is 4.21 Å². The van der Waals surface area contributed by atoms with E-state index in [2.05, 4.69) is 17.7 Å². The predicted molar refractivity (Wildman–Crippen MR) is 74.3 cm³/mol. The second kappa shape index (κ2) is 9.48. The summed E-state index contributed by atoms with van der Waals surface area (Å²) in [5.74, 6) is 2.86. The largest absolute Gasteiger partial charge is 0.314 e. The summed E-state index contributed by atoms with van der Waals surface area (Å²) in [4.78, 5) is 0. The van der Waals surface area contributed by atoms with Gasteiger partial charge in [-0.05, 0) is 6.42 Å². The van der Waals surface area contributed by atoms with Crippen LogP contribution in [0.3, 0.4) is 0 Å². The third-order valence-electron chi connectivity index (χ3n) is 2.08. The Kier molecular flexibility index (Phi) is 9.74. The van der Waals surface area contributed by atoms with E-state index in [1.165, 1.54) is 7.11 Å². The van der Waals surface area contributed by atoms with Crippen LogP contribution in [0.25, 0.3) is 0 Å². The number of unbranched alkanes of at least 4 members (excludes halogenated alkanes) is 1. The van der Waals surface area contributed by atoms with Gasteiger partial charge >= 0.3 is 11.4 Å². The molecule has 0 aliphatic carbocycles. The van der Waals surface area contributed by atoms with Gasteiger partial charge in [0.15, 0.2) is 0 Å². The summed E-state index contributed by atoms with van der Waals surface area (Å²) >= 11 is 4.12. The van der Waals surface area contributed by atoms with E-state index in [0.29, 0.717) is 5.88 Å². The van der Waals surface area contributed by atoms with E-state index in [1.54, 1.807) is 0 Å². The van der Waals surface area contributed by atoms with Gasteiger partial charge in [-0.25, -0.2) is 3.63 Å². The van der Waals surface area contributed by atoms with E-state index in [-0.39, 0.29) is 0 Å². The highest BCUT2D eigenvalue weighted by Crippen LogP contribution is 2.50. The molecule has 0 rings (SSSR count). The van der Waals surface area contributed by atoms with Gasteiger partial charge in [0.05, 0.1) is 7.11 Å². The van der Waals surface area contributed by atoms with Crippen LogP contribution in [0.15, 0.2) is 12.7 Å². The maximum Gasteiger partial charge on any atom is 0.314 e. The van der Waals surface area contributed by atoms with Crippen LogP contribution in [-0.2, 0) is 19.2 Å². The van der Waals surface area contributed by atoms with Crippen molar-refractivity contribution in [2.45, 2.75) is 19.8 Å². The lowest BCUT2D eigenvalue weighted by molar-refractivity contribution is 0.394. The molecular weight excluding hydrogens is 268 g/mol. The fourth-order valence-electron chi connectivity index (χ4n) is 1.27. The molecule has 2 atom stereocenters. The Balaban J connectivity index is 4.61. The summed E-state index contributed by atoms with van der Waals surface area (Å²) in [5.41, 5.74) is 0. The standard InChI is InChI=1S/C10H21ClO3S2/c1-4-6-9-16(8-5-2,10-7-11)14-15(12)13-3/h5H,2,4,6-10H2,1,3H3. The molecule has 0 aliphatic heterocycles. The quantitative estimate of drug-likeness (QED) is 0.457. The van der Waals surface area contributed by atoms with E-state index >= 15 is 0 Å². The topological polar surface area (TPSA) is 35.5 Å². The molecule has 0 aromatic rings. The van der Waals surface area contributed by atoms with Crippen molar-refractivity contribution in [1.29, 1.82) is 0 Å². The predicted octanol–water partition coefficient (Wildman–Crippen LogP) is 3.17. The first-order valence-electron chi connectivity index (χ1n) is 5.23. The molecule has 0 saturated carbocycles. The van der Waals surface area contributed by atoms with Gasteiger partial charge in [0.2, 0.25) is 0 Å². The highest BCUT2D eigenvalue weighted by molar-refractivity contribution is 8.32. The van der Waals surface area contributed by atoms with Crippen LogP contribution in [0.2, 0.25) is 0 Å². The van der Waals surface area contributed by atoms with Crippen LogP contribution in [0.5, 0.6) is 0 Å². The van der Waals surface area contributed by atoms with Gasteiger partial charge in [-0.3, -0.25) is 4.18 Å². The molecule has 98 valence electrons. The molecule has 0 N–H and O–H groups in total. The molecule has 0 fully saturated rings. The summed E-state index contributed by atoms with van der Waals surface area (Å²) in [6, 6.07) is 0. The van der Waals surface area contributed by atoms with Crippen molar-refractivity contribution >= 4 is 33.3 Å². The van der Waals surface area contributed by atoms with Crippen LogP contribution in [0.4, 0.5) is 0 Å². The normalized spacial score (nSPS) is 18.7.